The van der Waals surface area contributed by atoms with Crippen LogP contribution in [-0.2, 0) is 16.1 Å². The number of carbonyl (C=O) groups is 1. The Balaban J connectivity index is 2.29. The van der Waals surface area contributed by atoms with E-state index in [9.17, 15) is 9.59 Å². The fourth-order valence-corrected chi connectivity index (χ4v) is 1.64. The molecule has 0 fully saturated rings. The van der Waals surface area contributed by atoms with E-state index in [0.29, 0.717) is 11.3 Å². The number of aromatic nitrogens is 2. The van der Waals surface area contributed by atoms with Gasteiger partial charge in [-0.2, -0.15) is 0 Å². The lowest BCUT2D eigenvalue weighted by molar-refractivity contribution is -0.148. The Morgan fingerprint density at radius 1 is 1.42 bits per heavy atom. The van der Waals surface area contributed by atoms with Crippen LogP contribution in [0.1, 0.15) is 25.1 Å². The molecule has 2 aromatic rings. The first kappa shape index (κ1) is 13.3. The van der Waals surface area contributed by atoms with E-state index in [4.69, 9.17) is 4.74 Å². The van der Waals surface area contributed by atoms with Crippen LogP contribution in [0.15, 0.2) is 29.2 Å². The summed E-state index contributed by atoms with van der Waals surface area (Å²) in [5.41, 5.74) is 1.82. The molecule has 0 aliphatic heterocycles. The molecule has 0 spiro atoms. The van der Waals surface area contributed by atoms with Crippen molar-refractivity contribution in [1.82, 2.24) is 9.38 Å². The van der Waals surface area contributed by atoms with Gasteiger partial charge in [-0.15, -0.1) is 0 Å². The van der Waals surface area contributed by atoms with Crippen LogP contribution in [0.2, 0.25) is 0 Å². The lowest BCUT2D eigenvalue weighted by atomic mass is 10.2. The second kappa shape index (κ2) is 5.22. The van der Waals surface area contributed by atoms with Crippen LogP contribution in [0.3, 0.4) is 0 Å². The molecule has 2 aromatic heterocycles. The summed E-state index contributed by atoms with van der Waals surface area (Å²) >= 11 is 0. The molecule has 0 atom stereocenters. The van der Waals surface area contributed by atoms with E-state index in [2.05, 4.69) is 4.98 Å². The van der Waals surface area contributed by atoms with Gasteiger partial charge >= 0.3 is 5.97 Å². The Morgan fingerprint density at radius 2 is 2.16 bits per heavy atom. The van der Waals surface area contributed by atoms with Crippen LogP contribution < -0.4 is 5.56 Å². The number of carbonyl (C=O) groups excluding carboxylic acids is 1. The number of rotatable bonds is 3. The molecule has 2 heterocycles. The summed E-state index contributed by atoms with van der Waals surface area (Å²) < 4.78 is 6.54. The van der Waals surface area contributed by atoms with Crippen molar-refractivity contribution in [2.45, 2.75) is 27.4 Å². The van der Waals surface area contributed by atoms with Gasteiger partial charge in [0.05, 0.1) is 11.6 Å². The minimum absolute atomic E-state index is 0.0244. The van der Waals surface area contributed by atoms with E-state index in [1.807, 2.05) is 13.0 Å². The lowest BCUT2D eigenvalue weighted by Gasteiger charge is -2.07. The number of fused-ring (bicyclic) bond motifs is 1. The molecular weight excluding hydrogens is 244 g/mol. The number of hydrogen-bond acceptors (Lipinski definition) is 4. The van der Waals surface area contributed by atoms with Gasteiger partial charge in [-0.3, -0.25) is 14.0 Å². The lowest BCUT2D eigenvalue weighted by Crippen LogP contribution is -2.17. The Kier molecular flexibility index (Phi) is 3.64. The highest BCUT2D eigenvalue weighted by atomic mass is 16.5. The summed E-state index contributed by atoms with van der Waals surface area (Å²) in [5, 5.41) is 0. The van der Waals surface area contributed by atoms with Gasteiger partial charge in [0.1, 0.15) is 12.3 Å². The zero-order valence-electron chi connectivity index (χ0n) is 11.2. The van der Waals surface area contributed by atoms with Crippen LogP contribution in [0.4, 0.5) is 0 Å². The third-order valence-corrected chi connectivity index (χ3v) is 2.69. The number of pyridine rings is 1. The molecule has 0 saturated carbocycles. The molecule has 0 saturated heterocycles. The van der Waals surface area contributed by atoms with Gasteiger partial charge in [-0.25, -0.2) is 4.98 Å². The van der Waals surface area contributed by atoms with Gasteiger partial charge < -0.3 is 4.74 Å². The average Bonchev–Trinajstić information content (AvgIpc) is 2.36. The number of nitrogens with zero attached hydrogens (tertiary/aromatic N) is 2. The molecule has 2 rings (SSSR count). The molecular formula is C14H16N2O3. The van der Waals surface area contributed by atoms with Gasteiger partial charge in [0, 0.05) is 12.3 Å². The van der Waals surface area contributed by atoms with Crippen molar-refractivity contribution in [1.29, 1.82) is 0 Å². The Hall–Kier alpha value is -2.17. The summed E-state index contributed by atoms with van der Waals surface area (Å²) in [4.78, 5) is 27.6. The molecule has 0 aliphatic carbocycles. The maximum Gasteiger partial charge on any atom is 0.308 e. The highest BCUT2D eigenvalue weighted by Gasteiger charge is 2.10. The van der Waals surface area contributed by atoms with Gasteiger partial charge in [0.15, 0.2) is 0 Å². The average molecular weight is 260 g/mol. The number of aryl methyl sites for hydroxylation is 1. The maximum absolute atomic E-state index is 11.9. The Bertz CT molecular complexity index is 674. The molecule has 100 valence electrons. The first-order valence-corrected chi connectivity index (χ1v) is 6.13. The topological polar surface area (TPSA) is 60.7 Å². The second-order valence-corrected chi connectivity index (χ2v) is 4.78. The standard InChI is InChI=1S/C14H16N2O3/c1-9(2)14(18)19-8-11-6-13(17)16-7-10(3)4-5-12(16)15-11/h4-7,9H,8H2,1-3H3. The summed E-state index contributed by atoms with van der Waals surface area (Å²) in [6, 6.07) is 5.04. The smallest absolute Gasteiger partial charge is 0.308 e. The summed E-state index contributed by atoms with van der Waals surface area (Å²) in [5.74, 6) is -0.491. The molecule has 0 aliphatic rings. The highest BCUT2D eigenvalue weighted by Crippen LogP contribution is 2.05. The predicted molar refractivity (Wildman–Crippen MR) is 70.8 cm³/mol. The van der Waals surface area contributed by atoms with E-state index in [1.165, 1.54) is 10.5 Å². The fourth-order valence-electron chi connectivity index (χ4n) is 1.64. The van der Waals surface area contributed by atoms with E-state index in [-0.39, 0.29) is 24.1 Å². The molecule has 0 amide bonds. The monoisotopic (exact) mass is 260 g/mol. The summed E-state index contributed by atoms with van der Waals surface area (Å²) in [7, 11) is 0. The van der Waals surface area contributed by atoms with Crippen molar-refractivity contribution in [2.24, 2.45) is 5.92 Å². The third-order valence-electron chi connectivity index (χ3n) is 2.69. The van der Waals surface area contributed by atoms with Gasteiger partial charge in [0.2, 0.25) is 0 Å². The second-order valence-electron chi connectivity index (χ2n) is 4.78. The van der Waals surface area contributed by atoms with E-state index in [0.717, 1.165) is 5.56 Å². The largest absolute Gasteiger partial charge is 0.459 e. The van der Waals surface area contributed by atoms with Crippen molar-refractivity contribution < 1.29 is 9.53 Å². The fraction of sp³-hybridized carbons (Fsp3) is 0.357. The molecule has 0 unspecified atom stereocenters. The van der Waals surface area contributed by atoms with Crippen LogP contribution >= 0.6 is 0 Å². The Morgan fingerprint density at radius 3 is 2.84 bits per heavy atom. The molecule has 0 N–H and O–H groups in total. The molecule has 0 radical (unpaired) electrons. The number of esters is 1. The summed E-state index contributed by atoms with van der Waals surface area (Å²) in [6.45, 7) is 5.45. The zero-order chi connectivity index (χ0) is 14.0. The van der Waals surface area contributed by atoms with Gasteiger partial charge in [-0.1, -0.05) is 19.9 Å². The van der Waals surface area contributed by atoms with E-state index < -0.39 is 0 Å². The van der Waals surface area contributed by atoms with Crippen molar-refractivity contribution >= 4 is 11.6 Å². The number of hydrogen-bond donors (Lipinski definition) is 0. The zero-order valence-corrected chi connectivity index (χ0v) is 11.2. The predicted octanol–water partition coefficient (Wildman–Crippen LogP) is 1.70. The minimum atomic E-state index is -0.300. The maximum atomic E-state index is 11.9. The molecule has 0 bridgehead atoms. The van der Waals surface area contributed by atoms with Gasteiger partial charge in [0.25, 0.3) is 5.56 Å². The third kappa shape index (κ3) is 2.99. The molecule has 5 heteroatoms. The van der Waals surface area contributed by atoms with E-state index in [1.54, 1.807) is 26.1 Å². The first-order chi connectivity index (χ1) is 8.97. The van der Waals surface area contributed by atoms with Crippen molar-refractivity contribution in [2.75, 3.05) is 0 Å². The highest BCUT2D eigenvalue weighted by molar-refractivity contribution is 5.71. The van der Waals surface area contributed by atoms with Crippen LogP contribution in [-0.4, -0.2) is 15.4 Å². The van der Waals surface area contributed by atoms with Crippen LogP contribution in [0, 0.1) is 12.8 Å². The van der Waals surface area contributed by atoms with Crippen LogP contribution in [0.5, 0.6) is 0 Å². The quantitative estimate of drug-likeness (QED) is 0.788. The minimum Gasteiger partial charge on any atom is -0.459 e. The normalized spacial score (nSPS) is 10.9. The first-order valence-electron chi connectivity index (χ1n) is 6.13. The van der Waals surface area contributed by atoms with Gasteiger partial charge in [-0.05, 0) is 18.6 Å². The number of ether oxygens (including phenoxy) is 1. The molecule has 0 aromatic carbocycles. The van der Waals surface area contributed by atoms with E-state index >= 15 is 0 Å². The summed E-state index contributed by atoms with van der Waals surface area (Å²) in [6.07, 6.45) is 1.73. The van der Waals surface area contributed by atoms with Crippen LogP contribution in [0.25, 0.3) is 5.65 Å². The molecule has 19 heavy (non-hydrogen) atoms. The molecule has 5 nitrogen and oxygen atoms in total. The van der Waals surface area contributed by atoms with Crippen molar-refractivity contribution in [3.05, 3.63) is 46.0 Å². The SMILES string of the molecule is Cc1ccc2nc(COC(=O)C(C)C)cc(=O)n2c1. The van der Waals surface area contributed by atoms with Crippen molar-refractivity contribution in [3.63, 3.8) is 0 Å². The van der Waals surface area contributed by atoms with Crippen molar-refractivity contribution in [3.8, 4) is 0 Å². The Labute approximate surface area is 110 Å².